The Kier molecular flexibility index (Phi) is 6.87. The van der Waals surface area contributed by atoms with E-state index in [0.717, 1.165) is 74.7 Å². The molecule has 0 unspecified atom stereocenters. The third-order valence-corrected chi connectivity index (χ3v) is 5.07. The first-order valence-electron chi connectivity index (χ1n) is 10.5. The number of morpholine rings is 1. The summed E-state index contributed by atoms with van der Waals surface area (Å²) in [5.41, 5.74) is 2.32. The molecule has 0 bridgehead atoms. The van der Waals surface area contributed by atoms with Gasteiger partial charge in [0.05, 0.1) is 19.8 Å². The zero-order valence-corrected chi connectivity index (χ0v) is 17.4. The highest BCUT2D eigenvalue weighted by Crippen LogP contribution is 2.32. The number of rotatable bonds is 7. The van der Waals surface area contributed by atoms with Crippen molar-refractivity contribution in [3.8, 4) is 11.5 Å². The SMILES string of the molecule is CCNC(=NCc1cccnc1N1CCOCC1)NCCc1ccc2c(c1)OCO2. The molecule has 2 aliphatic rings. The highest BCUT2D eigenvalue weighted by atomic mass is 16.7. The van der Waals surface area contributed by atoms with E-state index < -0.39 is 0 Å². The molecule has 1 saturated heterocycles. The first-order chi connectivity index (χ1) is 14.8. The van der Waals surface area contributed by atoms with Crippen LogP contribution in [-0.4, -0.2) is 57.1 Å². The van der Waals surface area contributed by atoms with Crippen LogP contribution in [0.3, 0.4) is 0 Å². The second-order valence-electron chi connectivity index (χ2n) is 7.15. The van der Waals surface area contributed by atoms with Gasteiger partial charge in [0.15, 0.2) is 17.5 Å². The molecule has 0 saturated carbocycles. The lowest BCUT2D eigenvalue weighted by atomic mass is 10.1. The average Bonchev–Trinajstić information content (AvgIpc) is 3.26. The Hall–Kier alpha value is -3.00. The number of hydrogen-bond acceptors (Lipinski definition) is 6. The molecule has 30 heavy (non-hydrogen) atoms. The van der Waals surface area contributed by atoms with Crippen molar-refractivity contribution in [1.82, 2.24) is 15.6 Å². The van der Waals surface area contributed by atoms with Gasteiger partial charge in [0.2, 0.25) is 6.79 Å². The highest BCUT2D eigenvalue weighted by molar-refractivity contribution is 5.79. The summed E-state index contributed by atoms with van der Waals surface area (Å²) in [4.78, 5) is 11.6. The standard InChI is InChI=1S/C22H29N5O3/c1-2-23-22(25-9-7-17-5-6-19-20(14-17)30-16-29-19)26-15-18-4-3-8-24-21(18)27-10-12-28-13-11-27/h3-6,8,14H,2,7,9-13,15-16H2,1H3,(H2,23,25,26). The van der Waals surface area contributed by atoms with Crippen LogP contribution in [0.15, 0.2) is 41.5 Å². The van der Waals surface area contributed by atoms with Crippen molar-refractivity contribution in [3.05, 3.63) is 47.7 Å². The van der Waals surface area contributed by atoms with Crippen molar-refractivity contribution in [2.24, 2.45) is 4.99 Å². The van der Waals surface area contributed by atoms with E-state index in [1.165, 1.54) is 5.56 Å². The fourth-order valence-corrected chi connectivity index (χ4v) is 3.54. The zero-order chi connectivity index (χ0) is 20.6. The van der Waals surface area contributed by atoms with E-state index in [2.05, 4.69) is 39.6 Å². The molecule has 0 spiro atoms. The van der Waals surface area contributed by atoms with E-state index in [0.29, 0.717) is 13.3 Å². The monoisotopic (exact) mass is 411 g/mol. The van der Waals surface area contributed by atoms with E-state index in [-0.39, 0.29) is 0 Å². The van der Waals surface area contributed by atoms with Gasteiger partial charge >= 0.3 is 0 Å². The number of ether oxygens (including phenoxy) is 3. The van der Waals surface area contributed by atoms with Crippen LogP contribution in [0.4, 0.5) is 5.82 Å². The molecule has 8 nitrogen and oxygen atoms in total. The minimum atomic E-state index is 0.301. The summed E-state index contributed by atoms with van der Waals surface area (Å²) in [7, 11) is 0. The maximum Gasteiger partial charge on any atom is 0.231 e. The normalized spacial score (nSPS) is 15.9. The van der Waals surface area contributed by atoms with Gasteiger partial charge in [-0.15, -0.1) is 0 Å². The van der Waals surface area contributed by atoms with Crippen LogP contribution in [0.25, 0.3) is 0 Å². The summed E-state index contributed by atoms with van der Waals surface area (Å²) < 4.78 is 16.3. The van der Waals surface area contributed by atoms with Gasteiger partial charge in [-0.3, -0.25) is 0 Å². The number of guanidine groups is 1. The molecule has 1 aromatic heterocycles. The fraction of sp³-hybridized carbons (Fsp3) is 0.455. The van der Waals surface area contributed by atoms with Crippen LogP contribution in [0.5, 0.6) is 11.5 Å². The van der Waals surface area contributed by atoms with Gasteiger partial charge in [-0.05, 0) is 37.1 Å². The Morgan fingerprint density at radius 2 is 2.00 bits per heavy atom. The second-order valence-corrected chi connectivity index (χ2v) is 7.15. The number of nitrogens with zero attached hydrogens (tertiary/aromatic N) is 3. The quantitative estimate of drug-likeness (QED) is 0.532. The minimum absolute atomic E-state index is 0.301. The smallest absolute Gasteiger partial charge is 0.231 e. The molecule has 2 aliphatic heterocycles. The largest absolute Gasteiger partial charge is 0.454 e. The van der Waals surface area contributed by atoms with Crippen LogP contribution in [0.1, 0.15) is 18.1 Å². The lowest BCUT2D eigenvalue weighted by Gasteiger charge is -2.29. The molecule has 1 fully saturated rings. The molecular formula is C22H29N5O3. The van der Waals surface area contributed by atoms with E-state index in [9.17, 15) is 0 Å². The van der Waals surface area contributed by atoms with Gasteiger partial charge < -0.3 is 29.7 Å². The van der Waals surface area contributed by atoms with Gasteiger partial charge in [-0.1, -0.05) is 12.1 Å². The van der Waals surface area contributed by atoms with Crippen LogP contribution in [-0.2, 0) is 17.7 Å². The molecule has 3 heterocycles. The number of aromatic nitrogens is 1. The molecule has 2 N–H and O–H groups in total. The first kappa shape index (κ1) is 20.3. The lowest BCUT2D eigenvalue weighted by Crippen LogP contribution is -2.38. The molecule has 8 heteroatoms. The summed E-state index contributed by atoms with van der Waals surface area (Å²) in [5.74, 6) is 3.44. The van der Waals surface area contributed by atoms with E-state index in [1.807, 2.05) is 24.4 Å². The summed E-state index contributed by atoms with van der Waals surface area (Å²) in [5, 5.41) is 6.74. The van der Waals surface area contributed by atoms with E-state index >= 15 is 0 Å². The molecule has 1 aromatic carbocycles. The van der Waals surface area contributed by atoms with Gasteiger partial charge in [0.1, 0.15) is 5.82 Å². The fourth-order valence-electron chi connectivity index (χ4n) is 3.54. The van der Waals surface area contributed by atoms with Crippen molar-refractivity contribution in [2.45, 2.75) is 19.9 Å². The topological polar surface area (TPSA) is 80.2 Å². The summed E-state index contributed by atoms with van der Waals surface area (Å²) in [6, 6.07) is 10.1. The molecular weight excluding hydrogens is 382 g/mol. The van der Waals surface area contributed by atoms with Crippen molar-refractivity contribution < 1.29 is 14.2 Å². The number of anilines is 1. The third kappa shape index (κ3) is 5.13. The Morgan fingerprint density at radius 1 is 1.13 bits per heavy atom. The van der Waals surface area contributed by atoms with Crippen LogP contribution >= 0.6 is 0 Å². The van der Waals surface area contributed by atoms with Crippen LogP contribution in [0, 0.1) is 0 Å². The molecule has 0 radical (unpaired) electrons. The van der Waals surface area contributed by atoms with Gasteiger partial charge in [-0.25, -0.2) is 9.98 Å². The summed E-state index contributed by atoms with van der Waals surface area (Å²) in [6.07, 6.45) is 2.71. The zero-order valence-electron chi connectivity index (χ0n) is 17.4. The van der Waals surface area contributed by atoms with Crippen LogP contribution in [0.2, 0.25) is 0 Å². The highest BCUT2D eigenvalue weighted by Gasteiger charge is 2.16. The Labute approximate surface area is 177 Å². The van der Waals surface area contributed by atoms with Crippen molar-refractivity contribution in [2.75, 3.05) is 51.1 Å². The van der Waals surface area contributed by atoms with Crippen molar-refractivity contribution >= 4 is 11.8 Å². The molecule has 160 valence electrons. The average molecular weight is 412 g/mol. The van der Waals surface area contributed by atoms with Gasteiger partial charge in [0.25, 0.3) is 0 Å². The predicted octanol–water partition coefficient (Wildman–Crippen LogP) is 1.94. The number of fused-ring (bicyclic) bond motifs is 1. The van der Waals surface area contributed by atoms with E-state index in [4.69, 9.17) is 19.2 Å². The predicted molar refractivity (Wildman–Crippen MR) is 116 cm³/mol. The van der Waals surface area contributed by atoms with Crippen LogP contribution < -0.4 is 25.0 Å². The Bertz CT molecular complexity index is 868. The van der Waals surface area contributed by atoms with E-state index in [1.54, 1.807) is 0 Å². The molecule has 0 aliphatic carbocycles. The van der Waals surface area contributed by atoms with Gasteiger partial charge in [0, 0.05) is 37.9 Å². The Morgan fingerprint density at radius 3 is 2.87 bits per heavy atom. The maximum atomic E-state index is 5.46. The third-order valence-electron chi connectivity index (χ3n) is 5.07. The number of benzene rings is 1. The summed E-state index contributed by atoms with van der Waals surface area (Å²) in [6.45, 7) is 7.72. The first-order valence-corrected chi connectivity index (χ1v) is 10.5. The molecule has 4 rings (SSSR count). The van der Waals surface area contributed by atoms with Gasteiger partial charge in [-0.2, -0.15) is 0 Å². The lowest BCUT2D eigenvalue weighted by molar-refractivity contribution is 0.122. The second kappa shape index (κ2) is 10.2. The number of pyridine rings is 1. The number of aliphatic imine (C=N–C) groups is 1. The molecule has 0 amide bonds. The minimum Gasteiger partial charge on any atom is -0.454 e. The summed E-state index contributed by atoms with van der Waals surface area (Å²) >= 11 is 0. The number of nitrogens with one attached hydrogen (secondary N) is 2. The molecule has 0 atom stereocenters. The maximum absolute atomic E-state index is 5.46. The van der Waals surface area contributed by atoms with Crippen molar-refractivity contribution in [1.29, 1.82) is 0 Å². The molecule has 2 aromatic rings. The Balaban J connectivity index is 1.36. The van der Waals surface area contributed by atoms with Crippen molar-refractivity contribution in [3.63, 3.8) is 0 Å². The number of hydrogen-bond donors (Lipinski definition) is 2.